The van der Waals surface area contributed by atoms with Gasteiger partial charge in [0, 0.05) is 18.3 Å². The van der Waals surface area contributed by atoms with Crippen molar-refractivity contribution >= 4 is 26.7 Å². The third kappa shape index (κ3) is 9.04. The molecule has 13 heteroatoms. The first kappa shape index (κ1) is 35.5. The highest BCUT2D eigenvalue weighted by Crippen LogP contribution is 2.49. The highest BCUT2D eigenvalue weighted by Gasteiger charge is 2.61. The zero-order valence-corrected chi connectivity index (χ0v) is 27.7. The van der Waals surface area contributed by atoms with Gasteiger partial charge < -0.3 is 14.5 Å². The van der Waals surface area contributed by atoms with Crippen molar-refractivity contribution in [2.45, 2.75) is 72.8 Å². The van der Waals surface area contributed by atoms with Crippen LogP contribution in [0.1, 0.15) is 40.2 Å². The molecule has 0 aliphatic heterocycles. The van der Waals surface area contributed by atoms with Crippen LogP contribution in [0.5, 0.6) is 0 Å². The Morgan fingerprint density at radius 3 is 2.13 bits per heavy atom. The van der Waals surface area contributed by atoms with Crippen LogP contribution in [0.25, 0.3) is 11.3 Å². The number of nitrogens with one attached hydrogen (secondary N) is 2. The standard InChI is InChI=1S/C32H41F3N4O5Si/c1-21(2)31(44-45(6)7,28(30(3,4)5)32(33,34)35)38-26(40)19-39-25(23-11-9-8-10-12-23)14-13-24(27(39)41)37-29(42)43-20-22-15-17-36-18-16-22/h8-18,21,28,45H,19-20H2,1-7H3,(H,37,42)(H,38,40). The highest BCUT2D eigenvalue weighted by molar-refractivity contribution is 6.48. The number of ether oxygens (including phenoxy) is 1. The predicted octanol–water partition coefficient (Wildman–Crippen LogP) is 6.35. The maximum atomic E-state index is 14.8. The average molecular weight is 647 g/mol. The van der Waals surface area contributed by atoms with Gasteiger partial charge in [0.1, 0.15) is 30.5 Å². The Kier molecular flexibility index (Phi) is 11.4. The summed E-state index contributed by atoms with van der Waals surface area (Å²) in [5.74, 6) is -3.70. The summed E-state index contributed by atoms with van der Waals surface area (Å²) in [6.45, 7) is 10.3. The fraction of sp³-hybridized carbons (Fsp3) is 0.438. The molecule has 0 spiro atoms. The monoisotopic (exact) mass is 646 g/mol. The summed E-state index contributed by atoms with van der Waals surface area (Å²) in [6, 6.07) is 15.0. The van der Waals surface area contributed by atoms with E-state index in [2.05, 4.69) is 15.6 Å². The van der Waals surface area contributed by atoms with Crippen LogP contribution in [-0.4, -0.2) is 42.5 Å². The van der Waals surface area contributed by atoms with Gasteiger partial charge in [0.05, 0.1) is 5.69 Å². The molecule has 0 radical (unpaired) electrons. The maximum absolute atomic E-state index is 14.8. The van der Waals surface area contributed by atoms with Crippen LogP contribution in [0.15, 0.2) is 71.8 Å². The summed E-state index contributed by atoms with van der Waals surface area (Å²) in [4.78, 5) is 44.0. The van der Waals surface area contributed by atoms with Crippen molar-refractivity contribution in [3.63, 3.8) is 0 Å². The van der Waals surface area contributed by atoms with Gasteiger partial charge in [-0.1, -0.05) is 65.0 Å². The molecule has 2 heterocycles. The molecular weight excluding hydrogens is 605 g/mol. The van der Waals surface area contributed by atoms with Gasteiger partial charge in [-0.3, -0.25) is 24.5 Å². The highest BCUT2D eigenvalue weighted by atomic mass is 28.3. The van der Waals surface area contributed by atoms with Crippen molar-refractivity contribution in [3.05, 3.63) is 82.9 Å². The normalized spacial score (nSPS) is 14.1. The first-order valence-electron chi connectivity index (χ1n) is 14.6. The molecular formula is C32H41F3N4O5Si. The van der Waals surface area contributed by atoms with Gasteiger partial charge in [-0.2, -0.15) is 13.2 Å². The topological polar surface area (TPSA) is 112 Å². The van der Waals surface area contributed by atoms with E-state index in [0.29, 0.717) is 16.8 Å². The van der Waals surface area contributed by atoms with E-state index in [1.165, 1.54) is 26.8 Å². The fourth-order valence-electron chi connectivity index (χ4n) is 5.42. The van der Waals surface area contributed by atoms with Crippen molar-refractivity contribution in [1.82, 2.24) is 14.9 Å². The molecule has 244 valence electrons. The average Bonchev–Trinajstić information content (AvgIpc) is 2.93. The Labute approximate surface area is 262 Å². The van der Waals surface area contributed by atoms with Gasteiger partial charge in [-0.05, 0) is 53.9 Å². The molecule has 3 rings (SSSR count). The summed E-state index contributed by atoms with van der Waals surface area (Å²) >= 11 is 0. The Bertz CT molecular complexity index is 1500. The lowest BCUT2D eigenvalue weighted by Gasteiger charge is -2.51. The van der Waals surface area contributed by atoms with Crippen molar-refractivity contribution in [2.24, 2.45) is 17.3 Å². The number of carbonyl (C=O) groups excluding carboxylic acids is 2. The third-order valence-electron chi connectivity index (χ3n) is 7.15. The third-order valence-corrected chi connectivity index (χ3v) is 8.01. The number of hydrogen-bond donors (Lipinski definition) is 2. The van der Waals surface area contributed by atoms with Gasteiger partial charge in [-0.25, -0.2) is 4.79 Å². The molecule has 3 aromatic rings. The number of rotatable bonds is 11. The Morgan fingerprint density at radius 1 is 0.978 bits per heavy atom. The second kappa shape index (κ2) is 14.4. The number of hydrogen-bond acceptors (Lipinski definition) is 6. The van der Waals surface area contributed by atoms with Gasteiger partial charge in [0.2, 0.25) is 5.91 Å². The molecule has 45 heavy (non-hydrogen) atoms. The minimum atomic E-state index is -4.72. The van der Waals surface area contributed by atoms with Gasteiger partial charge in [0.15, 0.2) is 9.04 Å². The Morgan fingerprint density at radius 2 is 1.60 bits per heavy atom. The number of pyridine rings is 2. The van der Waals surface area contributed by atoms with Crippen LogP contribution < -0.4 is 16.2 Å². The number of nitrogens with zero attached hydrogens (tertiary/aromatic N) is 2. The summed E-state index contributed by atoms with van der Waals surface area (Å²) in [5.41, 5.74) is -2.78. The van der Waals surface area contributed by atoms with Gasteiger partial charge in [0.25, 0.3) is 5.56 Å². The molecule has 0 fully saturated rings. The lowest BCUT2D eigenvalue weighted by atomic mass is 9.70. The maximum Gasteiger partial charge on any atom is 0.412 e. The number of aromatic nitrogens is 2. The largest absolute Gasteiger partial charge is 0.444 e. The van der Waals surface area contributed by atoms with E-state index >= 15 is 0 Å². The Hall–Kier alpha value is -3.97. The summed E-state index contributed by atoms with van der Waals surface area (Å²) in [7, 11) is -2.17. The lowest BCUT2D eigenvalue weighted by Crippen LogP contribution is -2.67. The number of anilines is 1. The van der Waals surface area contributed by atoms with Crippen molar-refractivity contribution in [2.75, 3.05) is 5.32 Å². The second-order valence-corrected chi connectivity index (χ2v) is 14.8. The minimum Gasteiger partial charge on any atom is -0.444 e. The van der Waals surface area contributed by atoms with Gasteiger partial charge in [-0.15, -0.1) is 0 Å². The van der Waals surface area contributed by atoms with Crippen LogP contribution in [0, 0.1) is 17.3 Å². The molecule has 9 nitrogen and oxygen atoms in total. The summed E-state index contributed by atoms with van der Waals surface area (Å²) in [5, 5.41) is 5.02. The molecule has 2 amide bonds. The number of carbonyl (C=O) groups is 2. The fourth-order valence-corrected chi connectivity index (χ4v) is 6.66. The number of alkyl halides is 3. The molecule has 0 saturated heterocycles. The summed E-state index contributed by atoms with van der Waals surface area (Å²) < 4.78 is 56.8. The molecule has 1 aromatic carbocycles. The van der Waals surface area contributed by atoms with Crippen LogP contribution in [0.3, 0.4) is 0 Å². The molecule has 0 aliphatic carbocycles. The van der Waals surface area contributed by atoms with E-state index in [0.717, 1.165) is 4.57 Å². The first-order chi connectivity index (χ1) is 21.0. The van der Waals surface area contributed by atoms with Crippen molar-refractivity contribution < 1.29 is 31.9 Å². The van der Waals surface area contributed by atoms with E-state index in [9.17, 15) is 27.6 Å². The second-order valence-electron chi connectivity index (χ2n) is 12.4. The zero-order valence-electron chi connectivity index (χ0n) is 26.6. The molecule has 0 saturated carbocycles. The SMILES string of the molecule is CC(C)C(NC(=O)Cn1c(-c2ccccc2)ccc(NC(=O)OCc2ccncc2)c1=O)(O[SiH](C)C)C(C(C)(C)C)C(F)(F)F. The molecule has 2 atom stereocenters. The molecule has 2 N–H and O–H groups in total. The van der Waals surface area contributed by atoms with Crippen LogP contribution in [-0.2, 0) is 27.1 Å². The molecule has 2 unspecified atom stereocenters. The van der Waals surface area contributed by atoms with Crippen molar-refractivity contribution in [1.29, 1.82) is 0 Å². The van der Waals surface area contributed by atoms with Crippen LogP contribution in [0.2, 0.25) is 13.1 Å². The summed E-state index contributed by atoms with van der Waals surface area (Å²) in [6.07, 6.45) is -2.53. The van der Waals surface area contributed by atoms with Gasteiger partial charge >= 0.3 is 12.3 Å². The van der Waals surface area contributed by atoms with Crippen LogP contribution in [0.4, 0.5) is 23.7 Å². The molecule has 0 aliphatic rings. The quantitative estimate of drug-likeness (QED) is 0.186. The molecule has 0 bridgehead atoms. The predicted molar refractivity (Wildman–Crippen MR) is 169 cm³/mol. The first-order valence-corrected chi connectivity index (χ1v) is 17.4. The number of benzene rings is 1. The zero-order chi connectivity index (χ0) is 33.6. The lowest BCUT2D eigenvalue weighted by molar-refractivity contribution is -0.265. The number of amides is 2. The Balaban J connectivity index is 2.03. The van der Waals surface area contributed by atoms with E-state index in [1.807, 2.05) is 0 Å². The van der Waals surface area contributed by atoms with E-state index < -0.39 is 62.3 Å². The van der Waals surface area contributed by atoms with E-state index in [1.54, 1.807) is 87.9 Å². The van der Waals surface area contributed by atoms with E-state index in [-0.39, 0.29) is 12.3 Å². The minimum absolute atomic E-state index is 0.0718. The van der Waals surface area contributed by atoms with Crippen LogP contribution >= 0.6 is 0 Å². The molecule has 2 aromatic heterocycles. The van der Waals surface area contributed by atoms with E-state index in [4.69, 9.17) is 9.16 Å². The smallest absolute Gasteiger partial charge is 0.412 e. The number of halogens is 3. The van der Waals surface area contributed by atoms with Crippen molar-refractivity contribution in [3.8, 4) is 11.3 Å².